The van der Waals surface area contributed by atoms with E-state index in [9.17, 15) is 21.8 Å². The van der Waals surface area contributed by atoms with Gasteiger partial charge in [0.2, 0.25) is 5.79 Å². The van der Waals surface area contributed by atoms with Gasteiger partial charge in [-0.25, -0.2) is 8.42 Å². The number of hydrogen-bond acceptors (Lipinski definition) is 5. The van der Waals surface area contributed by atoms with Crippen LogP contribution in [-0.2, 0) is 25.4 Å². The second-order valence-corrected chi connectivity index (χ2v) is 10.3. The number of halogens is 2. The maximum Gasteiger partial charge on any atom is 0.334 e. The van der Waals surface area contributed by atoms with E-state index in [1.807, 2.05) is 48.5 Å². The fraction of sp³-hybridized carbons (Fsp3) is 0.455. The van der Waals surface area contributed by atoms with Gasteiger partial charge in [0.1, 0.15) is 0 Å². The quantitative estimate of drug-likeness (QED) is 0.688. The van der Waals surface area contributed by atoms with E-state index >= 15 is 0 Å². The van der Waals surface area contributed by atoms with E-state index in [2.05, 4.69) is 0 Å². The molecular formula is C22H19F2O5S-. The van der Waals surface area contributed by atoms with Crippen molar-refractivity contribution in [3.63, 3.8) is 0 Å². The van der Waals surface area contributed by atoms with E-state index in [4.69, 9.17) is 9.47 Å². The van der Waals surface area contributed by atoms with Crippen LogP contribution in [0.15, 0.2) is 48.5 Å². The average Bonchev–Trinajstić information content (AvgIpc) is 3.42. The zero-order chi connectivity index (χ0) is 20.9. The first-order valence-corrected chi connectivity index (χ1v) is 11.5. The van der Waals surface area contributed by atoms with E-state index in [-0.39, 0.29) is 17.9 Å². The summed E-state index contributed by atoms with van der Waals surface area (Å²) < 4.78 is 74.0. The van der Waals surface area contributed by atoms with Crippen molar-refractivity contribution >= 4 is 10.1 Å². The molecule has 1 spiro atoms. The average molecular weight is 433 g/mol. The molecule has 8 heteroatoms. The maximum atomic E-state index is 14.0. The summed E-state index contributed by atoms with van der Waals surface area (Å²) in [5.41, 5.74) is 3.87. The summed E-state index contributed by atoms with van der Waals surface area (Å²) in [5, 5.41) is -4.26. The number of fused-ring (bicyclic) bond motifs is 10. The van der Waals surface area contributed by atoms with Crippen LogP contribution in [0.2, 0.25) is 0 Å². The largest absolute Gasteiger partial charge is 0.743 e. The minimum Gasteiger partial charge on any atom is -0.743 e. The summed E-state index contributed by atoms with van der Waals surface area (Å²) in [7, 11) is -5.69. The molecular weight excluding hydrogens is 414 g/mol. The SMILES string of the molecule is O=S(=O)([O-])C(F)(F)CC1CC2CC1C1OC3(OC21)c1ccccc1-c1ccccc13. The standard InChI is InChI=1S/C22H20F2O5S/c23-21(24,30(25,26)27)11-13-9-12-10-16(13)20-19(12)28-22(29-20)17-7-3-1-5-14(17)15-6-2-4-8-18(15)22/h1-8,12-13,16,19-20H,9-11H2,(H,25,26,27)/p-1. The Morgan fingerprint density at radius 1 is 0.967 bits per heavy atom. The number of alkyl halides is 2. The predicted octanol–water partition coefficient (Wildman–Crippen LogP) is 3.84. The third-order valence-electron chi connectivity index (χ3n) is 7.32. The predicted molar refractivity (Wildman–Crippen MR) is 101 cm³/mol. The van der Waals surface area contributed by atoms with Gasteiger partial charge in [0.05, 0.1) is 12.2 Å². The van der Waals surface area contributed by atoms with Crippen LogP contribution in [0, 0.1) is 17.8 Å². The summed E-state index contributed by atoms with van der Waals surface area (Å²) in [4.78, 5) is 0. The molecule has 1 saturated heterocycles. The minimum atomic E-state index is -5.69. The van der Waals surface area contributed by atoms with Gasteiger partial charge in [-0.05, 0) is 41.7 Å². The first kappa shape index (κ1) is 18.9. The van der Waals surface area contributed by atoms with Gasteiger partial charge >= 0.3 is 5.25 Å². The maximum absolute atomic E-state index is 14.0. The molecule has 2 aromatic carbocycles. The van der Waals surface area contributed by atoms with Crippen molar-refractivity contribution in [2.24, 2.45) is 17.8 Å². The summed E-state index contributed by atoms with van der Waals surface area (Å²) in [5.74, 6) is -1.90. The van der Waals surface area contributed by atoms with Crippen molar-refractivity contribution in [2.75, 3.05) is 0 Å². The van der Waals surface area contributed by atoms with E-state index in [0.717, 1.165) is 22.3 Å². The molecule has 0 amide bonds. The van der Waals surface area contributed by atoms with Crippen molar-refractivity contribution in [1.82, 2.24) is 0 Å². The van der Waals surface area contributed by atoms with Crippen LogP contribution in [-0.4, -0.2) is 30.4 Å². The molecule has 1 heterocycles. The molecule has 6 rings (SSSR count). The molecule has 0 radical (unpaired) electrons. The molecule has 2 saturated carbocycles. The first-order chi connectivity index (χ1) is 14.2. The molecule has 0 aromatic heterocycles. The normalized spacial score (nSPS) is 33.0. The summed E-state index contributed by atoms with van der Waals surface area (Å²) in [6, 6.07) is 15.7. The molecule has 30 heavy (non-hydrogen) atoms. The zero-order valence-corrected chi connectivity index (χ0v) is 16.6. The van der Waals surface area contributed by atoms with Crippen molar-refractivity contribution < 1.29 is 31.2 Å². The van der Waals surface area contributed by atoms with Gasteiger partial charge in [0.25, 0.3) is 0 Å². The number of ether oxygens (including phenoxy) is 2. The highest BCUT2D eigenvalue weighted by Gasteiger charge is 2.65. The molecule has 5 unspecified atom stereocenters. The monoisotopic (exact) mass is 433 g/mol. The van der Waals surface area contributed by atoms with Crippen molar-refractivity contribution in [1.29, 1.82) is 0 Å². The Labute approximate surface area is 172 Å². The fourth-order valence-corrected chi connectivity index (χ4v) is 6.58. The molecule has 158 valence electrons. The molecule has 5 atom stereocenters. The fourth-order valence-electron chi connectivity index (χ4n) is 6.16. The number of hydrogen-bond donors (Lipinski definition) is 0. The Balaban J connectivity index is 1.36. The van der Waals surface area contributed by atoms with Gasteiger partial charge in [-0.15, -0.1) is 0 Å². The molecule has 2 aromatic rings. The lowest BCUT2D eigenvalue weighted by atomic mass is 9.83. The van der Waals surface area contributed by atoms with Gasteiger partial charge in [-0.1, -0.05) is 48.5 Å². The van der Waals surface area contributed by atoms with Crippen molar-refractivity contribution in [2.45, 2.75) is 42.5 Å². The Hall–Kier alpha value is -1.87. The van der Waals surface area contributed by atoms with Crippen molar-refractivity contribution in [3.8, 4) is 11.1 Å². The third kappa shape index (κ3) is 2.33. The Morgan fingerprint density at radius 3 is 2.13 bits per heavy atom. The van der Waals surface area contributed by atoms with Crippen LogP contribution in [0.5, 0.6) is 0 Å². The van der Waals surface area contributed by atoms with E-state index < -0.39 is 39.6 Å². The second kappa shape index (κ2) is 5.88. The lowest BCUT2D eigenvalue weighted by Crippen LogP contribution is -2.39. The number of benzene rings is 2. The summed E-state index contributed by atoms with van der Waals surface area (Å²) >= 11 is 0. The van der Waals surface area contributed by atoms with Crippen LogP contribution in [0.25, 0.3) is 11.1 Å². The van der Waals surface area contributed by atoms with Gasteiger partial charge < -0.3 is 14.0 Å². The van der Waals surface area contributed by atoms with Gasteiger partial charge in [-0.3, -0.25) is 0 Å². The molecule has 0 N–H and O–H groups in total. The van der Waals surface area contributed by atoms with Crippen molar-refractivity contribution in [3.05, 3.63) is 59.7 Å². The van der Waals surface area contributed by atoms with Crippen LogP contribution >= 0.6 is 0 Å². The lowest BCUT2D eigenvalue weighted by molar-refractivity contribution is -0.159. The Morgan fingerprint density at radius 2 is 1.53 bits per heavy atom. The van der Waals surface area contributed by atoms with Gasteiger partial charge in [0.15, 0.2) is 10.1 Å². The van der Waals surface area contributed by atoms with Crippen LogP contribution in [0.4, 0.5) is 8.78 Å². The Bertz CT molecular complexity index is 1100. The first-order valence-electron chi connectivity index (χ1n) is 10.1. The molecule has 3 aliphatic carbocycles. The van der Waals surface area contributed by atoms with Gasteiger partial charge in [0, 0.05) is 17.5 Å². The number of rotatable bonds is 3. The molecule has 4 aliphatic rings. The summed E-state index contributed by atoms with van der Waals surface area (Å²) in [6.07, 6.45) is -0.526. The highest BCUT2D eigenvalue weighted by Crippen LogP contribution is 2.63. The molecule has 1 aliphatic heterocycles. The Kier molecular flexibility index (Phi) is 3.70. The third-order valence-corrected chi connectivity index (χ3v) is 8.22. The highest BCUT2D eigenvalue weighted by atomic mass is 32.2. The minimum absolute atomic E-state index is 0.00876. The van der Waals surface area contributed by atoms with E-state index in [0.29, 0.717) is 12.8 Å². The van der Waals surface area contributed by atoms with E-state index in [1.54, 1.807) is 0 Å². The van der Waals surface area contributed by atoms with Crippen LogP contribution in [0.3, 0.4) is 0 Å². The van der Waals surface area contributed by atoms with Crippen LogP contribution in [0.1, 0.15) is 30.4 Å². The molecule has 3 fully saturated rings. The zero-order valence-electron chi connectivity index (χ0n) is 15.8. The summed E-state index contributed by atoms with van der Waals surface area (Å²) in [6.45, 7) is 0. The lowest BCUT2D eigenvalue weighted by Gasteiger charge is -2.32. The topological polar surface area (TPSA) is 75.7 Å². The second-order valence-electron chi connectivity index (χ2n) is 8.82. The van der Waals surface area contributed by atoms with Crippen LogP contribution < -0.4 is 0 Å². The highest BCUT2D eigenvalue weighted by molar-refractivity contribution is 7.86. The molecule has 2 bridgehead atoms. The molecule has 5 nitrogen and oxygen atoms in total. The smallest absolute Gasteiger partial charge is 0.334 e. The van der Waals surface area contributed by atoms with Gasteiger partial charge in [-0.2, -0.15) is 8.78 Å². The van der Waals surface area contributed by atoms with E-state index in [1.165, 1.54) is 0 Å².